The van der Waals surface area contributed by atoms with Crippen LogP contribution in [0.3, 0.4) is 0 Å². The fourth-order valence-corrected chi connectivity index (χ4v) is 2.91. The Balaban J connectivity index is 1.48. The summed E-state index contributed by atoms with van der Waals surface area (Å²) in [5, 5.41) is 0. The first-order chi connectivity index (χ1) is 12.7. The molecule has 0 saturated carbocycles. The average Bonchev–Trinajstić information content (AvgIpc) is 2.67. The molecule has 1 aromatic heterocycles. The number of hydrogen-bond acceptors (Lipinski definition) is 3. The van der Waals surface area contributed by atoms with E-state index in [1.165, 1.54) is 25.7 Å². The number of benzene rings is 1. The van der Waals surface area contributed by atoms with Gasteiger partial charge in [0.2, 0.25) is 0 Å². The predicted octanol–water partition coefficient (Wildman–Crippen LogP) is 4.24. The second-order valence-electron chi connectivity index (χ2n) is 6.79. The van der Waals surface area contributed by atoms with Gasteiger partial charge in [0, 0.05) is 24.2 Å². The average molecular weight is 356 g/mol. The third-order valence-corrected chi connectivity index (χ3v) is 4.62. The zero-order valence-corrected chi connectivity index (χ0v) is 15.8. The molecule has 1 unspecified atom stereocenters. The Hall–Kier alpha value is -2.36. The van der Waals surface area contributed by atoms with E-state index in [-0.39, 0.29) is 11.9 Å². The van der Waals surface area contributed by atoms with Gasteiger partial charge in [-0.25, -0.2) is 4.57 Å². The summed E-state index contributed by atoms with van der Waals surface area (Å²) in [6, 6.07) is 13.6. The number of carbonyl (C=O) groups is 1. The third kappa shape index (κ3) is 7.26. The first kappa shape index (κ1) is 20.0. The van der Waals surface area contributed by atoms with Crippen LogP contribution >= 0.6 is 0 Å². The molecule has 0 radical (unpaired) electrons. The van der Waals surface area contributed by atoms with Gasteiger partial charge in [0.1, 0.15) is 6.54 Å². The van der Waals surface area contributed by atoms with Crippen LogP contribution in [0.2, 0.25) is 0 Å². The SMILES string of the molecule is CC(C(=O)OCCCCCCCC[n+]1ccccc1)c1ccc(N)cc1. The summed E-state index contributed by atoms with van der Waals surface area (Å²) in [6.07, 6.45) is 11.2. The quantitative estimate of drug-likeness (QED) is 0.284. The Bertz CT molecular complexity index is 641. The van der Waals surface area contributed by atoms with Crippen molar-refractivity contribution in [2.45, 2.75) is 57.9 Å². The molecule has 140 valence electrons. The van der Waals surface area contributed by atoms with Gasteiger partial charge in [-0.3, -0.25) is 4.79 Å². The van der Waals surface area contributed by atoms with E-state index in [1.54, 1.807) is 0 Å². The van der Waals surface area contributed by atoms with E-state index in [0.29, 0.717) is 12.3 Å². The summed E-state index contributed by atoms with van der Waals surface area (Å²) in [5.74, 6) is -0.402. The second kappa shape index (κ2) is 11.3. The molecule has 0 amide bonds. The Morgan fingerprint density at radius 3 is 2.27 bits per heavy atom. The molecule has 0 aliphatic rings. The van der Waals surface area contributed by atoms with Gasteiger partial charge in [-0.2, -0.15) is 0 Å². The smallest absolute Gasteiger partial charge is 0.313 e. The maximum atomic E-state index is 12.1. The topological polar surface area (TPSA) is 56.2 Å². The van der Waals surface area contributed by atoms with E-state index >= 15 is 0 Å². The number of unbranched alkanes of at least 4 members (excludes halogenated alkanes) is 5. The van der Waals surface area contributed by atoms with Crippen LogP contribution in [-0.4, -0.2) is 12.6 Å². The molecule has 1 heterocycles. The van der Waals surface area contributed by atoms with Crippen molar-refractivity contribution in [3.8, 4) is 0 Å². The lowest BCUT2D eigenvalue weighted by Gasteiger charge is -2.12. The van der Waals surface area contributed by atoms with Crippen molar-refractivity contribution in [2.24, 2.45) is 0 Å². The van der Waals surface area contributed by atoms with Crippen molar-refractivity contribution in [3.63, 3.8) is 0 Å². The van der Waals surface area contributed by atoms with Crippen LogP contribution < -0.4 is 10.3 Å². The molecular formula is C22H31N2O2+. The lowest BCUT2D eigenvalue weighted by atomic mass is 10.0. The molecule has 0 fully saturated rings. The minimum Gasteiger partial charge on any atom is -0.465 e. The molecule has 4 nitrogen and oxygen atoms in total. The van der Waals surface area contributed by atoms with Crippen molar-refractivity contribution >= 4 is 11.7 Å². The molecule has 0 spiro atoms. The fraction of sp³-hybridized carbons (Fsp3) is 0.455. The fourth-order valence-electron chi connectivity index (χ4n) is 2.91. The molecule has 0 aliphatic carbocycles. The van der Waals surface area contributed by atoms with Gasteiger partial charge in [-0.15, -0.1) is 0 Å². The molecule has 1 aromatic carbocycles. The van der Waals surface area contributed by atoms with Crippen LogP contribution in [0, 0.1) is 0 Å². The number of hydrogen-bond donors (Lipinski definition) is 1. The number of pyridine rings is 1. The zero-order valence-electron chi connectivity index (χ0n) is 15.8. The number of carbonyl (C=O) groups excluding carboxylic acids is 1. The van der Waals surface area contributed by atoms with Gasteiger partial charge >= 0.3 is 5.97 Å². The van der Waals surface area contributed by atoms with Crippen LogP contribution in [0.5, 0.6) is 0 Å². The maximum absolute atomic E-state index is 12.1. The van der Waals surface area contributed by atoms with Gasteiger partial charge in [0.05, 0.1) is 12.5 Å². The second-order valence-corrected chi connectivity index (χ2v) is 6.79. The summed E-state index contributed by atoms with van der Waals surface area (Å²) in [5.41, 5.74) is 7.32. The summed E-state index contributed by atoms with van der Waals surface area (Å²) in [4.78, 5) is 12.1. The molecule has 4 heteroatoms. The number of ether oxygens (including phenoxy) is 1. The van der Waals surface area contributed by atoms with Gasteiger partial charge < -0.3 is 10.5 Å². The Morgan fingerprint density at radius 2 is 1.58 bits per heavy atom. The van der Waals surface area contributed by atoms with Crippen LogP contribution in [-0.2, 0) is 16.1 Å². The van der Waals surface area contributed by atoms with Crippen molar-refractivity contribution in [2.75, 3.05) is 12.3 Å². The first-order valence-electron chi connectivity index (χ1n) is 9.63. The van der Waals surface area contributed by atoms with E-state index < -0.39 is 0 Å². The van der Waals surface area contributed by atoms with Crippen molar-refractivity contribution in [3.05, 3.63) is 60.4 Å². The molecule has 0 bridgehead atoms. The maximum Gasteiger partial charge on any atom is 0.313 e. The number of rotatable bonds is 11. The highest BCUT2D eigenvalue weighted by atomic mass is 16.5. The molecular weight excluding hydrogens is 324 g/mol. The third-order valence-electron chi connectivity index (χ3n) is 4.62. The zero-order chi connectivity index (χ0) is 18.6. The summed E-state index contributed by atoms with van der Waals surface area (Å²) >= 11 is 0. The number of anilines is 1. The minimum absolute atomic E-state index is 0.158. The van der Waals surface area contributed by atoms with Gasteiger partial charge in [0.25, 0.3) is 0 Å². The normalized spacial score (nSPS) is 11.9. The number of nitrogens with two attached hydrogens (primary N) is 1. The number of aromatic nitrogens is 1. The van der Waals surface area contributed by atoms with Crippen molar-refractivity contribution < 1.29 is 14.1 Å². The Kier molecular flexibility index (Phi) is 8.67. The largest absolute Gasteiger partial charge is 0.465 e. The van der Waals surface area contributed by atoms with Gasteiger partial charge in [-0.1, -0.05) is 37.5 Å². The Labute approximate surface area is 157 Å². The van der Waals surface area contributed by atoms with Crippen LogP contribution in [0.4, 0.5) is 5.69 Å². The molecule has 2 N–H and O–H groups in total. The Morgan fingerprint density at radius 1 is 0.962 bits per heavy atom. The standard InChI is InChI=1S/C22H31N2O2/c1-19(20-11-13-21(23)14-12-20)22(25)26-18-10-5-3-2-4-7-15-24-16-8-6-9-17-24/h6,8-9,11-14,16-17,19H,2-5,7,10,15,18,23H2,1H3/q+1. The number of nitrogen functional groups attached to an aromatic ring is 1. The summed E-state index contributed by atoms with van der Waals surface area (Å²) in [7, 11) is 0. The highest BCUT2D eigenvalue weighted by molar-refractivity contribution is 5.77. The van der Waals surface area contributed by atoms with E-state index in [9.17, 15) is 4.79 Å². The van der Waals surface area contributed by atoms with Gasteiger partial charge in [0.15, 0.2) is 12.4 Å². The highest BCUT2D eigenvalue weighted by Gasteiger charge is 2.16. The monoisotopic (exact) mass is 355 g/mol. The molecule has 26 heavy (non-hydrogen) atoms. The van der Waals surface area contributed by atoms with E-state index in [2.05, 4.69) is 29.1 Å². The lowest BCUT2D eigenvalue weighted by Crippen LogP contribution is -2.32. The summed E-state index contributed by atoms with van der Waals surface area (Å²) < 4.78 is 7.62. The first-order valence-corrected chi connectivity index (χ1v) is 9.63. The van der Waals surface area contributed by atoms with E-state index in [0.717, 1.165) is 24.9 Å². The minimum atomic E-state index is -0.244. The van der Waals surface area contributed by atoms with Gasteiger partial charge in [-0.05, 0) is 37.5 Å². The van der Waals surface area contributed by atoms with E-state index in [4.69, 9.17) is 10.5 Å². The number of esters is 1. The van der Waals surface area contributed by atoms with Crippen molar-refractivity contribution in [1.29, 1.82) is 0 Å². The molecule has 1 atom stereocenters. The predicted molar refractivity (Wildman–Crippen MR) is 105 cm³/mol. The van der Waals surface area contributed by atoms with Crippen molar-refractivity contribution in [1.82, 2.24) is 0 Å². The molecule has 0 aliphatic heterocycles. The van der Waals surface area contributed by atoms with Crippen LogP contribution in [0.15, 0.2) is 54.9 Å². The molecule has 2 rings (SSSR count). The molecule has 0 saturated heterocycles. The van der Waals surface area contributed by atoms with Crippen LogP contribution in [0.1, 0.15) is 56.9 Å². The molecule has 2 aromatic rings. The van der Waals surface area contributed by atoms with Crippen LogP contribution in [0.25, 0.3) is 0 Å². The number of aryl methyl sites for hydroxylation is 1. The summed E-state index contributed by atoms with van der Waals surface area (Å²) in [6.45, 7) is 3.47. The highest BCUT2D eigenvalue weighted by Crippen LogP contribution is 2.18. The van der Waals surface area contributed by atoms with E-state index in [1.807, 2.05) is 37.3 Å². The number of nitrogens with zero attached hydrogens (tertiary/aromatic N) is 1. The lowest BCUT2D eigenvalue weighted by molar-refractivity contribution is -0.697.